The van der Waals surface area contributed by atoms with E-state index in [-0.39, 0.29) is 0 Å². The van der Waals surface area contributed by atoms with Gasteiger partial charge in [0.2, 0.25) is 0 Å². The molecule has 0 atom stereocenters. The van der Waals surface area contributed by atoms with Gasteiger partial charge in [0.25, 0.3) is 0 Å². The van der Waals surface area contributed by atoms with Crippen LogP contribution in [0, 0.1) is 6.54 Å². The summed E-state index contributed by atoms with van der Waals surface area (Å²) in [7, 11) is 4.09. The molecule has 0 amide bonds. The quantitative estimate of drug-likeness (QED) is 0.449. The molecule has 1 aliphatic rings. The Morgan fingerprint density at radius 2 is 1.86 bits per heavy atom. The van der Waals surface area contributed by atoms with Crippen LogP contribution in [-0.2, 0) is 0 Å². The van der Waals surface area contributed by atoms with Crippen LogP contribution in [0.15, 0.2) is 24.3 Å². The molecule has 14 heavy (non-hydrogen) atoms. The van der Waals surface area contributed by atoms with Crippen LogP contribution in [0.3, 0.4) is 0 Å². The Labute approximate surface area is 86.5 Å². The Morgan fingerprint density at radius 1 is 1.21 bits per heavy atom. The second-order valence-corrected chi connectivity index (χ2v) is 3.08. The van der Waals surface area contributed by atoms with Gasteiger partial charge in [0.1, 0.15) is 0 Å². The highest BCUT2D eigenvalue weighted by atomic mass is 15.2. The lowest BCUT2D eigenvalue weighted by Gasteiger charge is -2.25. The zero-order valence-corrected chi connectivity index (χ0v) is 9.36. The maximum atomic E-state index is 2.12. The second kappa shape index (κ2) is 4.70. The minimum absolute atomic E-state index is 1.26. The zero-order chi connectivity index (χ0) is 10.6. The van der Waals surface area contributed by atoms with Crippen molar-refractivity contribution in [1.82, 2.24) is 0 Å². The number of fused-ring (bicyclic) bond motifs is 1. The van der Waals surface area contributed by atoms with Crippen LogP contribution in [0.5, 0.6) is 0 Å². The summed E-state index contributed by atoms with van der Waals surface area (Å²) in [6.07, 6.45) is 2.06. The smallest absolute Gasteiger partial charge is 0.164 e. The Kier molecular flexibility index (Phi) is 3.57. The van der Waals surface area contributed by atoms with E-state index >= 15 is 0 Å². The lowest BCUT2D eigenvalue weighted by Crippen LogP contribution is -2.27. The number of nitrogens with zero attached hydrogens (tertiary/aromatic N) is 2. The van der Waals surface area contributed by atoms with Crippen LogP contribution >= 0.6 is 0 Å². The first-order valence-electron chi connectivity index (χ1n) is 5.01. The molecule has 0 unspecified atom stereocenters. The number of hydrogen-bond donors (Lipinski definition) is 0. The largest absolute Gasteiger partial charge is 0.323 e. The van der Waals surface area contributed by atoms with Gasteiger partial charge in [0, 0.05) is 12.2 Å². The fourth-order valence-electron chi connectivity index (χ4n) is 1.51. The van der Waals surface area contributed by atoms with Crippen LogP contribution in [0.25, 0.3) is 0 Å². The van der Waals surface area contributed by atoms with Gasteiger partial charge in [-0.3, -0.25) is 0 Å². The van der Waals surface area contributed by atoms with Crippen molar-refractivity contribution in [3.8, 4) is 0 Å². The minimum atomic E-state index is 1.26. The summed E-state index contributed by atoms with van der Waals surface area (Å²) in [6.45, 7) is 6.12. The number of para-hydroxylation sites is 1. The first-order valence-corrected chi connectivity index (χ1v) is 5.01. The molecule has 0 N–H and O–H groups in total. The Hall–Kier alpha value is -1.44. The van der Waals surface area contributed by atoms with Gasteiger partial charge in [-0.05, 0) is 0 Å². The van der Waals surface area contributed by atoms with Gasteiger partial charge in [0.15, 0.2) is 6.34 Å². The van der Waals surface area contributed by atoms with Crippen molar-refractivity contribution in [2.45, 2.75) is 13.8 Å². The normalized spacial score (nSPS) is 13.1. The van der Waals surface area contributed by atoms with E-state index in [1.807, 2.05) is 20.9 Å². The Balaban J connectivity index is 0.000000461. The third-order valence-electron chi connectivity index (χ3n) is 2.01. The predicted molar refractivity (Wildman–Crippen MR) is 61.8 cm³/mol. The van der Waals surface area contributed by atoms with Crippen LogP contribution in [0.2, 0.25) is 0 Å². The summed E-state index contributed by atoms with van der Waals surface area (Å²) in [5.74, 6) is 0. The molecule has 76 valence electrons. The van der Waals surface area contributed by atoms with E-state index in [1.54, 1.807) is 0 Å². The van der Waals surface area contributed by atoms with Gasteiger partial charge in [-0.2, -0.15) is 0 Å². The average Bonchev–Trinajstić information content (AvgIpc) is 2.20. The molecule has 1 aromatic rings. The molecule has 1 heterocycles. The minimum Gasteiger partial charge on any atom is -0.323 e. The molecule has 1 aliphatic heterocycles. The van der Waals surface area contributed by atoms with Gasteiger partial charge < -0.3 is 9.48 Å². The van der Waals surface area contributed by atoms with E-state index in [0.29, 0.717) is 0 Å². The Bertz CT molecular complexity index is 329. The number of rotatable bonds is 0. The number of benzene rings is 1. The number of hydrogen-bond acceptors (Lipinski definition) is 1. The van der Waals surface area contributed by atoms with Crippen molar-refractivity contribution in [1.29, 1.82) is 0 Å². The summed E-state index contributed by atoms with van der Waals surface area (Å²) in [5.41, 5.74) is 2.53. The lowest BCUT2D eigenvalue weighted by atomic mass is 10.1. The molecule has 0 aliphatic carbocycles. The first kappa shape index (κ1) is 10.6. The third kappa shape index (κ3) is 2.08. The summed E-state index contributed by atoms with van der Waals surface area (Å²) in [4.78, 5) is 2.12. The van der Waals surface area contributed by atoms with Crippen molar-refractivity contribution in [3.05, 3.63) is 36.4 Å². The molecule has 0 fully saturated rings. The van der Waals surface area contributed by atoms with Gasteiger partial charge >= 0.3 is 0 Å². The van der Waals surface area contributed by atoms with E-state index in [0.717, 1.165) is 0 Å². The van der Waals surface area contributed by atoms with Crippen molar-refractivity contribution in [2.24, 2.45) is 0 Å². The highest BCUT2D eigenvalue weighted by molar-refractivity contribution is 5.79. The lowest BCUT2D eigenvalue weighted by molar-refractivity contribution is -0.445. The molecule has 0 spiro atoms. The van der Waals surface area contributed by atoms with E-state index in [2.05, 4.69) is 53.7 Å². The molecule has 0 saturated carbocycles. The highest BCUT2D eigenvalue weighted by Gasteiger charge is 2.09. The molecule has 2 heteroatoms. The van der Waals surface area contributed by atoms with Crippen molar-refractivity contribution < 1.29 is 4.58 Å². The standard InChI is InChI=1S/C10H12N2.C2H6/c1-11-7-9-5-3-4-6-10(9)12(2)8-11;1-2/h3-8H,1-2H3;1-2H3. The Morgan fingerprint density at radius 3 is 2.57 bits per heavy atom. The summed E-state index contributed by atoms with van der Waals surface area (Å²) < 4.78 is 2.06. The monoisotopic (exact) mass is 190 g/mol. The van der Waals surface area contributed by atoms with E-state index < -0.39 is 0 Å². The summed E-state index contributed by atoms with van der Waals surface area (Å²) >= 11 is 0. The highest BCUT2D eigenvalue weighted by Crippen LogP contribution is 2.22. The summed E-state index contributed by atoms with van der Waals surface area (Å²) in [5, 5.41) is 0. The molecular weight excluding hydrogens is 172 g/mol. The first-order chi connectivity index (χ1) is 6.77. The number of anilines is 1. The van der Waals surface area contributed by atoms with E-state index in [9.17, 15) is 0 Å². The molecule has 1 aromatic carbocycles. The van der Waals surface area contributed by atoms with Gasteiger partial charge in [-0.1, -0.05) is 31.5 Å². The van der Waals surface area contributed by atoms with Gasteiger partial charge in [0.05, 0.1) is 14.1 Å². The fourth-order valence-corrected chi connectivity index (χ4v) is 1.51. The molecule has 0 radical (unpaired) electrons. The fraction of sp³-hybridized carbons (Fsp3) is 0.333. The van der Waals surface area contributed by atoms with Gasteiger partial charge in [-0.15, -0.1) is 12.1 Å². The molecule has 2 rings (SSSR count). The van der Waals surface area contributed by atoms with Crippen LogP contribution in [0.1, 0.15) is 19.4 Å². The van der Waals surface area contributed by atoms with E-state index in [1.165, 1.54) is 11.3 Å². The molecular formula is C12H18N2. The molecule has 0 saturated heterocycles. The van der Waals surface area contributed by atoms with Crippen LogP contribution in [-0.4, -0.2) is 25.0 Å². The van der Waals surface area contributed by atoms with Crippen molar-refractivity contribution in [3.63, 3.8) is 0 Å². The van der Waals surface area contributed by atoms with Crippen LogP contribution in [0.4, 0.5) is 5.69 Å². The van der Waals surface area contributed by atoms with E-state index in [4.69, 9.17) is 0 Å². The van der Waals surface area contributed by atoms with Crippen molar-refractivity contribution in [2.75, 3.05) is 19.0 Å². The zero-order valence-electron chi connectivity index (χ0n) is 9.36. The molecule has 0 bridgehead atoms. The average molecular weight is 190 g/mol. The van der Waals surface area contributed by atoms with Crippen molar-refractivity contribution >= 4 is 12.0 Å². The van der Waals surface area contributed by atoms with Crippen LogP contribution < -0.4 is 4.90 Å². The maximum absolute atomic E-state index is 2.12. The van der Waals surface area contributed by atoms with Gasteiger partial charge in [-0.25, -0.2) is 0 Å². The summed E-state index contributed by atoms with van der Waals surface area (Å²) in [6, 6.07) is 8.36. The molecule has 0 aromatic heterocycles. The molecule has 2 nitrogen and oxygen atoms in total. The topological polar surface area (TPSA) is 6.25 Å². The second-order valence-electron chi connectivity index (χ2n) is 3.08. The third-order valence-corrected chi connectivity index (χ3v) is 2.01. The predicted octanol–water partition coefficient (Wildman–Crippen LogP) is 2.34. The SMILES string of the molecule is CC.CN1C=[N+](C)[CH-]c2ccccc21. The maximum Gasteiger partial charge on any atom is 0.164 e.